The molecule has 0 spiro atoms. The maximum atomic E-state index is 11.8. The summed E-state index contributed by atoms with van der Waals surface area (Å²) in [5.74, 6) is 1.27. The largest absolute Gasteiger partial charge is 0.494 e. The van der Waals surface area contributed by atoms with Crippen molar-refractivity contribution in [2.45, 2.75) is 19.4 Å². The van der Waals surface area contributed by atoms with Crippen molar-refractivity contribution in [3.8, 4) is 5.75 Å². The Morgan fingerprint density at radius 2 is 2.00 bits per heavy atom. The Labute approximate surface area is 124 Å². The molecule has 3 N–H and O–H groups in total. The average molecular weight is 285 g/mol. The molecule has 0 saturated heterocycles. The fraction of sp³-hybridized carbons (Fsp3) is 0.250. The minimum atomic E-state index is -0.0833. The second kappa shape index (κ2) is 8.01. The molecule has 0 saturated carbocycles. The predicted octanol–water partition coefficient (Wildman–Crippen LogP) is 2.34. The van der Waals surface area contributed by atoms with Gasteiger partial charge in [-0.2, -0.15) is 0 Å². The van der Waals surface area contributed by atoms with E-state index in [9.17, 15) is 4.79 Å². The molecule has 1 heterocycles. The van der Waals surface area contributed by atoms with Gasteiger partial charge in [-0.15, -0.1) is 0 Å². The Hall–Kier alpha value is -2.40. The first-order valence-electron chi connectivity index (χ1n) is 6.91. The van der Waals surface area contributed by atoms with Gasteiger partial charge in [-0.05, 0) is 24.6 Å². The molecule has 21 heavy (non-hydrogen) atoms. The van der Waals surface area contributed by atoms with Crippen LogP contribution in [0.1, 0.15) is 18.4 Å². The maximum absolute atomic E-state index is 11.8. The summed E-state index contributed by atoms with van der Waals surface area (Å²) in [4.78, 5) is 16.0. The lowest BCUT2D eigenvalue weighted by Crippen LogP contribution is -2.16. The molecule has 0 fully saturated rings. The van der Waals surface area contributed by atoms with Gasteiger partial charge in [0.1, 0.15) is 11.6 Å². The smallest absolute Gasteiger partial charge is 0.225 e. The molecule has 110 valence electrons. The number of amides is 1. The maximum Gasteiger partial charge on any atom is 0.225 e. The summed E-state index contributed by atoms with van der Waals surface area (Å²) >= 11 is 0. The standard InChI is InChI=1S/C16H19N3O2/c17-12-13-6-4-10-18-16(13)19-15(20)9-5-11-21-14-7-2-1-3-8-14/h1-4,6-8,10H,5,9,11-12,17H2,(H,18,19,20). The number of carbonyl (C=O) groups is 1. The first kappa shape index (κ1) is 15.0. The number of anilines is 1. The van der Waals surface area contributed by atoms with Crippen LogP contribution in [-0.2, 0) is 11.3 Å². The number of nitrogens with two attached hydrogens (primary N) is 1. The molecular formula is C16H19N3O2. The fourth-order valence-electron chi connectivity index (χ4n) is 1.85. The van der Waals surface area contributed by atoms with Crippen LogP contribution in [0.5, 0.6) is 5.75 Å². The Kier molecular flexibility index (Phi) is 5.72. The first-order chi connectivity index (χ1) is 10.3. The second-order valence-corrected chi connectivity index (χ2v) is 4.53. The number of carbonyl (C=O) groups excluding carboxylic acids is 1. The summed E-state index contributed by atoms with van der Waals surface area (Å²) in [5, 5.41) is 2.77. The average Bonchev–Trinajstić information content (AvgIpc) is 2.53. The van der Waals surface area contributed by atoms with Crippen LogP contribution in [0.4, 0.5) is 5.82 Å². The van der Waals surface area contributed by atoms with Gasteiger partial charge in [-0.1, -0.05) is 24.3 Å². The Bertz CT molecular complexity index is 573. The van der Waals surface area contributed by atoms with Crippen LogP contribution in [0.25, 0.3) is 0 Å². The fourth-order valence-corrected chi connectivity index (χ4v) is 1.85. The van der Waals surface area contributed by atoms with Crippen molar-refractivity contribution in [1.29, 1.82) is 0 Å². The number of hydrogen-bond donors (Lipinski definition) is 2. The monoisotopic (exact) mass is 285 g/mol. The van der Waals surface area contributed by atoms with Crippen LogP contribution in [-0.4, -0.2) is 17.5 Å². The van der Waals surface area contributed by atoms with Gasteiger partial charge in [0.05, 0.1) is 6.61 Å². The third kappa shape index (κ3) is 4.89. The summed E-state index contributed by atoms with van der Waals surface area (Å²) in [5.41, 5.74) is 6.43. The zero-order chi connectivity index (χ0) is 14.9. The lowest BCUT2D eigenvalue weighted by Gasteiger charge is -2.09. The summed E-state index contributed by atoms with van der Waals surface area (Å²) in [6.45, 7) is 0.851. The highest BCUT2D eigenvalue weighted by Crippen LogP contribution is 2.12. The Morgan fingerprint density at radius 1 is 1.19 bits per heavy atom. The molecule has 0 aliphatic rings. The van der Waals surface area contributed by atoms with Crippen molar-refractivity contribution in [2.24, 2.45) is 5.73 Å². The molecule has 0 bridgehead atoms. The van der Waals surface area contributed by atoms with E-state index in [1.807, 2.05) is 36.4 Å². The number of rotatable bonds is 7. The van der Waals surface area contributed by atoms with Crippen LogP contribution in [0.15, 0.2) is 48.7 Å². The van der Waals surface area contributed by atoms with E-state index in [0.717, 1.165) is 11.3 Å². The van der Waals surface area contributed by atoms with Crippen molar-refractivity contribution in [2.75, 3.05) is 11.9 Å². The minimum absolute atomic E-state index is 0.0833. The van der Waals surface area contributed by atoms with Gasteiger partial charge >= 0.3 is 0 Å². The molecule has 0 aliphatic carbocycles. The van der Waals surface area contributed by atoms with Crippen LogP contribution in [0, 0.1) is 0 Å². The van der Waals surface area contributed by atoms with E-state index in [4.69, 9.17) is 10.5 Å². The summed E-state index contributed by atoms with van der Waals surface area (Å²) in [6, 6.07) is 13.2. The first-order valence-corrected chi connectivity index (χ1v) is 6.91. The SMILES string of the molecule is NCc1cccnc1NC(=O)CCCOc1ccccc1. The third-order valence-electron chi connectivity index (χ3n) is 2.93. The van der Waals surface area contributed by atoms with E-state index in [1.165, 1.54) is 0 Å². The van der Waals surface area contributed by atoms with Crippen LogP contribution >= 0.6 is 0 Å². The number of pyridine rings is 1. The number of para-hydroxylation sites is 1. The van der Waals surface area contributed by atoms with Gasteiger partial charge in [0.25, 0.3) is 0 Å². The van der Waals surface area contributed by atoms with Crippen LogP contribution < -0.4 is 15.8 Å². The molecule has 0 aliphatic heterocycles. The van der Waals surface area contributed by atoms with Gasteiger partial charge in [0.15, 0.2) is 0 Å². The number of benzene rings is 1. The van der Waals surface area contributed by atoms with Crippen molar-refractivity contribution < 1.29 is 9.53 Å². The zero-order valence-electron chi connectivity index (χ0n) is 11.8. The lowest BCUT2D eigenvalue weighted by atomic mass is 10.2. The van der Waals surface area contributed by atoms with Gasteiger partial charge in [-0.25, -0.2) is 4.98 Å². The summed E-state index contributed by atoms with van der Waals surface area (Å²) < 4.78 is 5.54. The number of hydrogen-bond acceptors (Lipinski definition) is 4. The highest BCUT2D eigenvalue weighted by Gasteiger charge is 2.06. The third-order valence-corrected chi connectivity index (χ3v) is 2.93. The quantitative estimate of drug-likeness (QED) is 0.765. The van der Waals surface area contributed by atoms with E-state index in [-0.39, 0.29) is 5.91 Å². The molecule has 0 unspecified atom stereocenters. The predicted molar refractivity (Wildman–Crippen MR) is 81.9 cm³/mol. The lowest BCUT2D eigenvalue weighted by molar-refractivity contribution is -0.116. The molecule has 1 aromatic heterocycles. The van der Waals surface area contributed by atoms with Crippen molar-refractivity contribution in [3.05, 3.63) is 54.2 Å². The summed E-state index contributed by atoms with van der Waals surface area (Å²) in [7, 11) is 0. The van der Waals surface area contributed by atoms with Gasteiger partial charge < -0.3 is 15.8 Å². The van der Waals surface area contributed by atoms with Crippen LogP contribution in [0.2, 0.25) is 0 Å². The van der Waals surface area contributed by atoms with Crippen molar-refractivity contribution in [1.82, 2.24) is 4.98 Å². The number of nitrogens with one attached hydrogen (secondary N) is 1. The highest BCUT2D eigenvalue weighted by molar-refractivity contribution is 5.90. The molecular weight excluding hydrogens is 266 g/mol. The molecule has 0 radical (unpaired) electrons. The molecule has 1 aromatic carbocycles. The molecule has 1 amide bonds. The summed E-state index contributed by atoms with van der Waals surface area (Å²) in [6.07, 6.45) is 2.66. The number of aromatic nitrogens is 1. The van der Waals surface area contributed by atoms with E-state index in [1.54, 1.807) is 12.3 Å². The van der Waals surface area contributed by atoms with Crippen molar-refractivity contribution in [3.63, 3.8) is 0 Å². The molecule has 2 rings (SSSR count). The van der Waals surface area contributed by atoms with Gasteiger partial charge in [0.2, 0.25) is 5.91 Å². The normalized spacial score (nSPS) is 10.1. The molecule has 5 heteroatoms. The topological polar surface area (TPSA) is 77.2 Å². The van der Waals surface area contributed by atoms with E-state index < -0.39 is 0 Å². The Morgan fingerprint density at radius 3 is 2.76 bits per heavy atom. The second-order valence-electron chi connectivity index (χ2n) is 4.53. The van der Waals surface area contributed by atoms with E-state index in [2.05, 4.69) is 10.3 Å². The van der Waals surface area contributed by atoms with Gasteiger partial charge in [0, 0.05) is 24.7 Å². The van der Waals surface area contributed by atoms with Crippen LogP contribution in [0.3, 0.4) is 0 Å². The minimum Gasteiger partial charge on any atom is -0.494 e. The molecule has 0 atom stereocenters. The van der Waals surface area contributed by atoms with Crippen molar-refractivity contribution >= 4 is 11.7 Å². The molecule has 2 aromatic rings. The van der Waals surface area contributed by atoms with Gasteiger partial charge in [-0.3, -0.25) is 4.79 Å². The number of nitrogens with zero attached hydrogens (tertiary/aromatic N) is 1. The Balaban J connectivity index is 1.72. The molecule has 5 nitrogen and oxygen atoms in total. The van der Waals surface area contributed by atoms with E-state index >= 15 is 0 Å². The number of ether oxygens (including phenoxy) is 1. The van der Waals surface area contributed by atoms with E-state index in [0.29, 0.717) is 31.8 Å². The highest BCUT2D eigenvalue weighted by atomic mass is 16.5. The zero-order valence-corrected chi connectivity index (χ0v) is 11.8.